The summed E-state index contributed by atoms with van der Waals surface area (Å²) in [6, 6.07) is 13.9. The molecule has 1 amide bonds. The molecule has 1 aliphatic rings. The van der Waals surface area contributed by atoms with E-state index in [1.54, 1.807) is 4.90 Å². The molecule has 3 aromatic rings. The van der Waals surface area contributed by atoms with Crippen LogP contribution in [0.3, 0.4) is 0 Å². The molecule has 1 fully saturated rings. The normalized spacial score (nSPS) is 16.9. The van der Waals surface area contributed by atoms with E-state index in [0.717, 1.165) is 52.7 Å². The number of aryl methyl sites for hydroxylation is 2. The van der Waals surface area contributed by atoms with E-state index in [-0.39, 0.29) is 11.8 Å². The molecule has 1 aromatic heterocycles. The average Bonchev–Trinajstić information content (AvgIpc) is 3.22. The number of nitrogens with zero attached hydrogens (tertiary/aromatic N) is 3. The van der Waals surface area contributed by atoms with Gasteiger partial charge in [-0.1, -0.05) is 23.7 Å². The first-order valence-corrected chi connectivity index (χ1v) is 9.99. The van der Waals surface area contributed by atoms with Gasteiger partial charge in [0.25, 0.3) is 0 Å². The van der Waals surface area contributed by atoms with Crippen molar-refractivity contribution in [2.75, 3.05) is 20.2 Å². The van der Waals surface area contributed by atoms with Crippen LogP contribution >= 0.6 is 11.6 Å². The van der Waals surface area contributed by atoms with Gasteiger partial charge in [-0.3, -0.25) is 4.79 Å². The number of likely N-dealkylation sites (N-methyl/N-ethyl adjacent to an activating group) is 1. The molecular formula is C22H24ClN3O2. The van der Waals surface area contributed by atoms with E-state index in [4.69, 9.17) is 21.3 Å². The Labute approximate surface area is 169 Å². The third kappa shape index (κ3) is 3.72. The topological polar surface area (TPSA) is 47.4 Å². The summed E-state index contributed by atoms with van der Waals surface area (Å²) in [5, 5.41) is 0.748. The van der Waals surface area contributed by atoms with Crippen molar-refractivity contribution < 1.29 is 9.53 Å². The first-order valence-electron chi connectivity index (χ1n) is 9.61. The van der Waals surface area contributed by atoms with Gasteiger partial charge in [0.15, 0.2) is 0 Å². The maximum atomic E-state index is 12.0. The van der Waals surface area contributed by atoms with Gasteiger partial charge in [-0.25, -0.2) is 4.98 Å². The number of aromatic nitrogens is 2. The van der Waals surface area contributed by atoms with Gasteiger partial charge in [-0.05, 0) is 49.2 Å². The number of fused-ring (bicyclic) bond motifs is 1. The SMILES string of the molecule is Cc1cc(OCCCn2c(C3CC(=O)N(C)C3)nc3ccccc32)ccc1Cl. The fourth-order valence-corrected chi connectivity index (χ4v) is 3.91. The molecule has 28 heavy (non-hydrogen) atoms. The van der Waals surface area contributed by atoms with E-state index in [1.165, 1.54) is 0 Å². The highest BCUT2D eigenvalue weighted by Gasteiger charge is 2.31. The maximum Gasteiger partial charge on any atom is 0.223 e. The van der Waals surface area contributed by atoms with Crippen LogP contribution in [0.5, 0.6) is 5.75 Å². The second kappa shape index (κ2) is 7.84. The van der Waals surface area contributed by atoms with E-state index < -0.39 is 0 Å². The molecule has 1 aliphatic heterocycles. The first-order chi connectivity index (χ1) is 13.5. The molecule has 0 spiro atoms. The molecule has 0 aliphatic carbocycles. The van der Waals surface area contributed by atoms with Crippen molar-refractivity contribution in [1.29, 1.82) is 0 Å². The van der Waals surface area contributed by atoms with Crippen LogP contribution in [0.4, 0.5) is 0 Å². The summed E-state index contributed by atoms with van der Waals surface area (Å²) in [4.78, 5) is 18.7. The molecule has 2 aromatic carbocycles. The van der Waals surface area contributed by atoms with Crippen LogP contribution in [0.25, 0.3) is 11.0 Å². The molecule has 0 N–H and O–H groups in total. The van der Waals surface area contributed by atoms with Crippen LogP contribution in [0, 0.1) is 6.92 Å². The van der Waals surface area contributed by atoms with Gasteiger partial charge in [0, 0.05) is 37.5 Å². The van der Waals surface area contributed by atoms with Crippen molar-refractivity contribution in [2.45, 2.75) is 32.2 Å². The van der Waals surface area contributed by atoms with Crippen molar-refractivity contribution in [2.24, 2.45) is 0 Å². The van der Waals surface area contributed by atoms with Crippen LogP contribution in [-0.4, -0.2) is 40.6 Å². The number of rotatable bonds is 6. The van der Waals surface area contributed by atoms with Crippen molar-refractivity contribution >= 4 is 28.5 Å². The molecular weight excluding hydrogens is 374 g/mol. The Hall–Kier alpha value is -2.53. The lowest BCUT2D eigenvalue weighted by Crippen LogP contribution is -2.19. The van der Waals surface area contributed by atoms with E-state index in [9.17, 15) is 4.79 Å². The summed E-state index contributed by atoms with van der Waals surface area (Å²) in [5.41, 5.74) is 3.10. The zero-order chi connectivity index (χ0) is 19.7. The van der Waals surface area contributed by atoms with E-state index >= 15 is 0 Å². The lowest BCUT2D eigenvalue weighted by Gasteiger charge is -2.14. The van der Waals surface area contributed by atoms with Crippen LogP contribution in [-0.2, 0) is 11.3 Å². The molecule has 0 radical (unpaired) electrons. The zero-order valence-electron chi connectivity index (χ0n) is 16.2. The van der Waals surface area contributed by atoms with Gasteiger partial charge >= 0.3 is 0 Å². The third-order valence-corrected chi connectivity index (χ3v) is 5.74. The van der Waals surface area contributed by atoms with Gasteiger partial charge in [0.2, 0.25) is 5.91 Å². The number of likely N-dealkylation sites (tertiary alicyclic amines) is 1. The van der Waals surface area contributed by atoms with E-state index in [1.807, 2.05) is 50.4 Å². The highest BCUT2D eigenvalue weighted by molar-refractivity contribution is 6.31. The average molecular weight is 398 g/mol. The highest BCUT2D eigenvalue weighted by Crippen LogP contribution is 2.30. The zero-order valence-corrected chi connectivity index (χ0v) is 16.9. The number of hydrogen-bond donors (Lipinski definition) is 0. The fraction of sp³-hybridized carbons (Fsp3) is 0.364. The lowest BCUT2D eigenvalue weighted by molar-refractivity contribution is -0.126. The van der Waals surface area contributed by atoms with Crippen LogP contribution in [0.2, 0.25) is 5.02 Å². The summed E-state index contributed by atoms with van der Waals surface area (Å²) in [7, 11) is 1.86. The largest absolute Gasteiger partial charge is 0.494 e. The van der Waals surface area contributed by atoms with Gasteiger partial charge in [0.05, 0.1) is 17.6 Å². The Morgan fingerprint density at radius 1 is 1.25 bits per heavy atom. The highest BCUT2D eigenvalue weighted by atomic mass is 35.5. The minimum absolute atomic E-state index is 0.143. The minimum atomic E-state index is 0.143. The number of benzene rings is 2. The van der Waals surface area contributed by atoms with E-state index in [0.29, 0.717) is 13.0 Å². The first kappa shape index (κ1) is 18.8. The Morgan fingerprint density at radius 3 is 2.82 bits per heavy atom. The summed E-state index contributed by atoms with van der Waals surface area (Å²) in [5.74, 6) is 2.16. The maximum absolute atomic E-state index is 12.0. The Kier molecular flexibility index (Phi) is 5.27. The van der Waals surface area contributed by atoms with E-state index in [2.05, 4.69) is 10.6 Å². The third-order valence-electron chi connectivity index (χ3n) is 5.31. The summed E-state index contributed by atoms with van der Waals surface area (Å²) >= 11 is 6.07. The standard InChI is InChI=1S/C22H24ClN3O2/c1-15-12-17(8-9-18(15)23)28-11-5-10-26-20-7-4-3-6-19(20)24-22(26)16-13-21(27)25(2)14-16/h3-4,6-9,12,16H,5,10-11,13-14H2,1-2H3. The van der Waals surface area contributed by atoms with Crippen molar-refractivity contribution in [3.8, 4) is 5.75 Å². The van der Waals surface area contributed by atoms with Crippen LogP contribution in [0.15, 0.2) is 42.5 Å². The molecule has 4 rings (SSSR count). The smallest absolute Gasteiger partial charge is 0.223 e. The Morgan fingerprint density at radius 2 is 2.07 bits per heavy atom. The number of carbonyl (C=O) groups excluding carboxylic acids is 1. The summed E-state index contributed by atoms with van der Waals surface area (Å²) in [6.45, 7) is 4.11. The predicted octanol–water partition coefficient (Wildman–Crippen LogP) is 4.41. The van der Waals surface area contributed by atoms with Gasteiger partial charge in [-0.2, -0.15) is 0 Å². The Balaban J connectivity index is 1.48. The quantitative estimate of drug-likeness (QED) is 0.579. The van der Waals surface area contributed by atoms with Gasteiger partial charge in [-0.15, -0.1) is 0 Å². The molecule has 146 valence electrons. The molecule has 5 nitrogen and oxygen atoms in total. The molecule has 0 bridgehead atoms. The molecule has 1 unspecified atom stereocenters. The number of carbonyl (C=O) groups is 1. The monoisotopic (exact) mass is 397 g/mol. The molecule has 2 heterocycles. The van der Waals surface area contributed by atoms with Crippen molar-refractivity contribution in [3.63, 3.8) is 0 Å². The van der Waals surface area contributed by atoms with Crippen LogP contribution < -0.4 is 4.74 Å². The summed E-state index contributed by atoms with van der Waals surface area (Å²) < 4.78 is 8.15. The molecule has 1 atom stereocenters. The number of hydrogen-bond acceptors (Lipinski definition) is 3. The lowest BCUT2D eigenvalue weighted by atomic mass is 10.1. The molecule has 0 saturated carbocycles. The van der Waals surface area contributed by atoms with Gasteiger partial charge < -0.3 is 14.2 Å². The summed E-state index contributed by atoms with van der Waals surface area (Å²) in [6.07, 6.45) is 1.38. The van der Waals surface area contributed by atoms with Crippen molar-refractivity contribution in [3.05, 3.63) is 58.9 Å². The van der Waals surface area contributed by atoms with Gasteiger partial charge in [0.1, 0.15) is 11.6 Å². The second-order valence-corrected chi connectivity index (χ2v) is 7.81. The minimum Gasteiger partial charge on any atom is -0.494 e. The number of halogens is 1. The number of ether oxygens (including phenoxy) is 1. The number of para-hydroxylation sites is 2. The Bertz CT molecular complexity index is 1010. The molecule has 6 heteroatoms. The number of amides is 1. The fourth-order valence-electron chi connectivity index (χ4n) is 3.80. The second-order valence-electron chi connectivity index (χ2n) is 7.40. The predicted molar refractivity (Wildman–Crippen MR) is 111 cm³/mol. The number of imidazole rings is 1. The molecule has 1 saturated heterocycles. The van der Waals surface area contributed by atoms with Crippen molar-refractivity contribution in [1.82, 2.24) is 14.5 Å². The van der Waals surface area contributed by atoms with Crippen LogP contribution in [0.1, 0.15) is 30.1 Å².